The number of aryl methyl sites for hydroxylation is 1. The molecular formula is C20H21FN4O. The number of halogens is 1. The molecule has 3 aromatic rings. The van der Waals surface area contributed by atoms with E-state index in [-0.39, 0.29) is 11.1 Å². The number of nitrogens with zero attached hydrogens (tertiary/aromatic N) is 3. The molecule has 4 rings (SSSR count). The number of hydrogen-bond acceptors (Lipinski definition) is 4. The van der Waals surface area contributed by atoms with Crippen LogP contribution in [0, 0.1) is 18.7 Å². The summed E-state index contributed by atoms with van der Waals surface area (Å²) < 4.78 is 13.7. The molecule has 1 unspecified atom stereocenters. The number of hydrogen-bond donors (Lipinski definition) is 1. The summed E-state index contributed by atoms with van der Waals surface area (Å²) in [6.45, 7) is 6.14. The maximum Gasteiger partial charge on any atom is 0.256 e. The molecule has 1 aliphatic rings. The summed E-state index contributed by atoms with van der Waals surface area (Å²) in [5, 5.41) is 0. The number of aromatic nitrogens is 3. The number of fused-ring (bicyclic) bond motifs is 1. The maximum atomic E-state index is 13.7. The van der Waals surface area contributed by atoms with Crippen LogP contribution in [-0.2, 0) is 0 Å². The van der Waals surface area contributed by atoms with Crippen molar-refractivity contribution in [3.8, 4) is 11.1 Å². The van der Waals surface area contributed by atoms with Gasteiger partial charge in [0.05, 0.1) is 22.8 Å². The number of anilines is 1. The van der Waals surface area contributed by atoms with Gasteiger partial charge in [-0.2, -0.15) is 0 Å². The van der Waals surface area contributed by atoms with Crippen molar-refractivity contribution in [2.75, 3.05) is 18.0 Å². The van der Waals surface area contributed by atoms with Gasteiger partial charge in [-0.1, -0.05) is 13.3 Å². The van der Waals surface area contributed by atoms with Gasteiger partial charge in [-0.3, -0.25) is 9.78 Å². The number of aromatic amines is 1. The van der Waals surface area contributed by atoms with E-state index >= 15 is 0 Å². The number of nitrogens with one attached hydrogen (secondary N) is 1. The fourth-order valence-electron chi connectivity index (χ4n) is 3.64. The van der Waals surface area contributed by atoms with E-state index in [9.17, 15) is 9.18 Å². The Kier molecular flexibility index (Phi) is 4.18. The van der Waals surface area contributed by atoms with Gasteiger partial charge in [0.15, 0.2) is 0 Å². The lowest BCUT2D eigenvalue weighted by Gasteiger charge is -2.18. The first-order valence-electron chi connectivity index (χ1n) is 8.96. The molecular weight excluding hydrogens is 331 g/mol. The average molecular weight is 352 g/mol. The third kappa shape index (κ3) is 2.96. The number of pyridine rings is 1. The topological polar surface area (TPSA) is 61.9 Å². The lowest BCUT2D eigenvalue weighted by Crippen LogP contribution is -2.21. The van der Waals surface area contributed by atoms with E-state index in [0.717, 1.165) is 36.2 Å². The minimum atomic E-state index is -0.485. The summed E-state index contributed by atoms with van der Waals surface area (Å²) in [5.41, 5.74) is 2.83. The first-order chi connectivity index (χ1) is 12.5. The minimum absolute atomic E-state index is 0.271. The van der Waals surface area contributed by atoms with E-state index in [0.29, 0.717) is 17.0 Å². The molecule has 0 amide bonds. The lowest BCUT2D eigenvalue weighted by atomic mass is 10.0. The van der Waals surface area contributed by atoms with Gasteiger partial charge < -0.3 is 9.88 Å². The van der Waals surface area contributed by atoms with Crippen molar-refractivity contribution in [3.05, 3.63) is 52.3 Å². The molecule has 5 nitrogen and oxygen atoms in total. The minimum Gasteiger partial charge on any atom is -0.355 e. The Morgan fingerprint density at radius 3 is 2.92 bits per heavy atom. The monoisotopic (exact) mass is 352 g/mol. The van der Waals surface area contributed by atoms with Crippen LogP contribution in [0.3, 0.4) is 0 Å². The van der Waals surface area contributed by atoms with Crippen LogP contribution >= 0.6 is 0 Å². The predicted molar refractivity (Wildman–Crippen MR) is 101 cm³/mol. The molecule has 1 atom stereocenters. The van der Waals surface area contributed by atoms with Crippen molar-refractivity contribution in [2.45, 2.75) is 26.7 Å². The fraction of sp³-hybridized carbons (Fsp3) is 0.350. The van der Waals surface area contributed by atoms with E-state index in [1.54, 1.807) is 6.20 Å². The second-order valence-corrected chi connectivity index (χ2v) is 6.98. The summed E-state index contributed by atoms with van der Waals surface area (Å²) in [6, 6.07) is 5.05. The van der Waals surface area contributed by atoms with Gasteiger partial charge in [0.25, 0.3) is 5.56 Å². The molecule has 1 aromatic carbocycles. The SMILES string of the molecule is CCC1CCN(c2cnc3c(-c4cc(F)c[nH]c4=O)cc(C)cc3n2)C1. The zero-order valence-corrected chi connectivity index (χ0v) is 14.9. The smallest absolute Gasteiger partial charge is 0.256 e. The molecule has 1 N–H and O–H groups in total. The summed E-state index contributed by atoms with van der Waals surface area (Å²) in [6.07, 6.45) is 5.16. The molecule has 0 spiro atoms. The molecule has 0 radical (unpaired) electrons. The van der Waals surface area contributed by atoms with Crippen molar-refractivity contribution in [1.29, 1.82) is 0 Å². The van der Waals surface area contributed by atoms with Crippen molar-refractivity contribution in [3.63, 3.8) is 0 Å². The highest BCUT2D eigenvalue weighted by atomic mass is 19.1. The molecule has 0 bridgehead atoms. The first-order valence-corrected chi connectivity index (χ1v) is 8.96. The summed E-state index contributed by atoms with van der Waals surface area (Å²) in [4.78, 5) is 26.3. The van der Waals surface area contributed by atoms with Crippen LogP contribution in [0.1, 0.15) is 25.3 Å². The van der Waals surface area contributed by atoms with Gasteiger partial charge in [0.1, 0.15) is 11.6 Å². The Balaban J connectivity index is 1.83. The standard InChI is InChI=1S/C20H21FN4O/c1-3-13-4-5-25(11-13)18-10-22-19-15(6-12(2)7-17(19)24-18)16-8-14(21)9-23-20(16)26/h6-10,13H,3-5,11H2,1-2H3,(H,23,26). The average Bonchev–Trinajstić information content (AvgIpc) is 3.12. The molecule has 0 aliphatic carbocycles. The maximum absolute atomic E-state index is 13.7. The Morgan fingerprint density at radius 2 is 2.15 bits per heavy atom. The van der Waals surface area contributed by atoms with Crippen molar-refractivity contribution in [1.82, 2.24) is 15.0 Å². The highest BCUT2D eigenvalue weighted by Crippen LogP contribution is 2.29. The molecule has 1 aliphatic heterocycles. The highest BCUT2D eigenvalue weighted by Gasteiger charge is 2.23. The molecule has 134 valence electrons. The largest absolute Gasteiger partial charge is 0.355 e. The molecule has 1 fully saturated rings. The van der Waals surface area contributed by atoms with Gasteiger partial charge in [0.2, 0.25) is 0 Å². The normalized spacial score (nSPS) is 17.2. The molecule has 1 saturated heterocycles. The first kappa shape index (κ1) is 16.7. The van der Waals surface area contributed by atoms with Gasteiger partial charge in [0, 0.05) is 24.8 Å². The van der Waals surface area contributed by atoms with Gasteiger partial charge in [-0.25, -0.2) is 9.37 Å². The predicted octanol–water partition coefficient (Wildman–Crippen LogP) is 3.67. The highest BCUT2D eigenvalue weighted by molar-refractivity contribution is 5.92. The second kappa shape index (κ2) is 6.52. The van der Waals surface area contributed by atoms with E-state index in [2.05, 4.69) is 21.8 Å². The zero-order valence-electron chi connectivity index (χ0n) is 14.9. The quantitative estimate of drug-likeness (QED) is 0.781. The van der Waals surface area contributed by atoms with Crippen LogP contribution < -0.4 is 10.5 Å². The number of H-pyrrole nitrogens is 1. The molecule has 6 heteroatoms. The third-order valence-electron chi connectivity index (χ3n) is 5.12. The van der Waals surface area contributed by atoms with Crippen LogP contribution in [0.4, 0.5) is 10.2 Å². The van der Waals surface area contributed by atoms with E-state index in [4.69, 9.17) is 4.98 Å². The third-order valence-corrected chi connectivity index (χ3v) is 5.12. The van der Waals surface area contributed by atoms with Gasteiger partial charge in [-0.05, 0) is 43.0 Å². The molecule has 3 heterocycles. The van der Waals surface area contributed by atoms with Crippen LogP contribution in [0.2, 0.25) is 0 Å². The lowest BCUT2D eigenvalue weighted by molar-refractivity contribution is 0.569. The molecule has 26 heavy (non-hydrogen) atoms. The van der Waals surface area contributed by atoms with Crippen molar-refractivity contribution in [2.24, 2.45) is 5.92 Å². The van der Waals surface area contributed by atoms with Crippen LogP contribution in [-0.4, -0.2) is 28.0 Å². The van der Waals surface area contributed by atoms with Crippen LogP contribution in [0.15, 0.2) is 35.4 Å². The van der Waals surface area contributed by atoms with Crippen molar-refractivity contribution >= 4 is 16.9 Å². The van der Waals surface area contributed by atoms with E-state index < -0.39 is 5.82 Å². The van der Waals surface area contributed by atoms with Crippen LogP contribution in [0.5, 0.6) is 0 Å². The summed E-state index contributed by atoms with van der Waals surface area (Å²) in [5.74, 6) is 1.08. The second-order valence-electron chi connectivity index (χ2n) is 6.98. The fourth-order valence-corrected chi connectivity index (χ4v) is 3.64. The van der Waals surface area contributed by atoms with E-state index in [1.165, 1.54) is 18.9 Å². The van der Waals surface area contributed by atoms with Gasteiger partial charge >= 0.3 is 0 Å². The number of rotatable bonds is 3. The van der Waals surface area contributed by atoms with Crippen LogP contribution in [0.25, 0.3) is 22.2 Å². The Bertz CT molecular complexity index is 1030. The summed E-state index contributed by atoms with van der Waals surface area (Å²) in [7, 11) is 0. The Morgan fingerprint density at radius 1 is 1.31 bits per heavy atom. The molecule has 0 saturated carbocycles. The van der Waals surface area contributed by atoms with Crippen molar-refractivity contribution < 1.29 is 4.39 Å². The Hall–Kier alpha value is -2.76. The summed E-state index contributed by atoms with van der Waals surface area (Å²) >= 11 is 0. The number of benzene rings is 1. The zero-order chi connectivity index (χ0) is 18.3. The molecule has 2 aromatic heterocycles. The Labute approximate surface area is 150 Å². The van der Waals surface area contributed by atoms with E-state index in [1.807, 2.05) is 19.1 Å². The van der Waals surface area contributed by atoms with Gasteiger partial charge in [-0.15, -0.1) is 0 Å².